The van der Waals surface area contributed by atoms with Crippen molar-refractivity contribution in [3.05, 3.63) is 81.9 Å². The average Bonchev–Trinajstić information content (AvgIpc) is 2.79. The SMILES string of the molecule is CNS(=O)(=O)Nc1nccc(Cc2c(C)c3ccc(Oc4ncccn4)cc3oc2=O)c1F.[H-].[Na+]. The first kappa shape index (κ1) is 25.7. The molecule has 0 bridgehead atoms. The van der Waals surface area contributed by atoms with Gasteiger partial charge in [0.05, 0.1) is 0 Å². The summed E-state index contributed by atoms with van der Waals surface area (Å²) in [7, 11) is -2.78. The number of aromatic nitrogens is 3. The Hall–Kier alpha value is -2.90. The number of rotatable bonds is 7. The molecule has 3 aromatic heterocycles. The van der Waals surface area contributed by atoms with Gasteiger partial charge in [0.1, 0.15) is 11.3 Å². The van der Waals surface area contributed by atoms with Crippen molar-refractivity contribution in [1.29, 1.82) is 0 Å². The average molecular weight is 495 g/mol. The summed E-state index contributed by atoms with van der Waals surface area (Å²) in [5, 5.41) is 0.636. The number of hydrogen-bond donors (Lipinski definition) is 2. The molecule has 172 valence electrons. The Morgan fingerprint density at radius 1 is 1.15 bits per heavy atom. The Morgan fingerprint density at radius 2 is 1.88 bits per heavy atom. The van der Waals surface area contributed by atoms with Crippen LogP contribution in [0.1, 0.15) is 18.1 Å². The molecule has 0 aliphatic carbocycles. The zero-order valence-corrected chi connectivity index (χ0v) is 21.3. The van der Waals surface area contributed by atoms with E-state index >= 15 is 0 Å². The van der Waals surface area contributed by atoms with E-state index in [2.05, 4.69) is 15.0 Å². The van der Waals surface area contributed by atoms with Gasteiger partial charge in [-0.05, 0) is 42.3 Å². The fourth-order valence-electron chi connectivity index (χ4n) is 3.15. The van der Waals surface area contributed by atoms with Crippen LogP contribution in [0.5, 0.6) is 11.8 Å². The third-order valence-electron chi connectivity index (χ3n) is 4.85. The smallest absolute Gasteiger partial charge is 1.00 e. The van der Waals surface area contributed by atoms with E-state index in [1.54, 1.807) is 31.2 Å². The van der Waals surface area contributed by atoms with Crippen molar-refractivity contribution >= 4 is 27.0 Å². The molecule has 4 aromatic rings. The van der Waals surface area contributed by atoms with Crippen LogP contribution in [-0.2, 0) is 16.6 Å². The molecule has 0 aliphatic rings. The predicted octanol–water partition coefficient (Wildman–Crippen LogP) is -0.199. The van der Waals surface area contributed by atoms with Crippen LogP contribution < -0.4 is 49.4 Å². The first-order chi connectivity index (χ1) is 15.8. The van der Waals surface area contributed by atoms with Gasteiger partial charge in [-0.25, -0.2) is 28.9 Å². The predicted molar refractivity (Wildman–Crippen MR) is 119 cm³/mol. The summed E-state index contributed by atoms with van der Waals surface area (Å²) in [6.45, 7) is 1.72. The van der Waals surface area contributed by atoms with Crippen LogP contribution >= 0.6 is 0 Å². The van der Waals surface area contributed by atoms with E-state index < -0.39 is 27.5 Å². The molecule has 13 heteroatoms. The van der Waals surface area contributed by atoms with Crippen molar-refractivity contribution in [2.24, 2.45) is 0 Å². The number of benzene rings is 1. The first-order valence-corrected chi connectivity index (χ1v) is 11.1. The number of nitrogens with one attached hydrogen (secondary N) is 2. The van der Waals surface area contributed by atoms with E-state index in [0.717, 1.165) is 0 Å². The van der Waals surface area contributed by atoms with E-state index in [1.165, 1.54) is 31.7 Å². The van der Waals surface area contributed by atoms with E-state index in [-0.39, 0.29) is 60.1 Å². The third kappa shape index (κ3) is 5.59. The molecular weight excluding hydrogens is 476 g/mol. The van der Waals surface area contributed by atoms with Crippen LogP contribution in [0.15, 0.2) is 58.1 Å². The fourth-order valence-corrected chi connectivity index (χ4v) is 3.64. The number of nitrogens with zero attached hydrogens (tertiary/aromatic N) is 3. The molecule has 0 unspecified atom stereocenters. The summed E-state index contributed by atoms with van der Waals surface area (Å²) in [6.07, 6.45) is 4.20. The molecule has 0 atom stereocenters. The van der Waals surface area contributed by atoms with E-state index in [4.69, 9.17) is 9.15 Å². The number of ether oxygens (including phenoxy) is 1. The molecule has 4 rings (SSSR count). The van der Waals surface area contributed by atoms with Crippen molar-refractivity contribution in [1.82, 2.24) is 19.7 Å². The normalized spacial score (nSPS) is 11.1. The molecule has 10 nitrogen and oxygen atoms in total. The summed E-state index contributed by atoms with van der Waals surface area (Å²) in [5.41, 5.74) is 0.538. The van der Waals surface area contributed by atoms with Crippen LogP contribution in [-0.4, -0.2) is 30.4 Å². The minimum absolute atomic E-state index is 0. The maximum atomic E-state index is 14.9. The molecule has 2 N–H and O–H groups in total. The molecule has 0 saturated carbocycles. The van der Waals surface area contributed by atoms with Crippen molar-refractivity contribution < 1.29 is 52.9 Å². The van der Waals surface area contributed by atoms with Gasteiger partial charge in [0.25, 0.3) is 10.2 Å². The van der Waals surface area contributed by atoms with Gasteiger partial charge in [-0.2, -0.15) is 8.42 Å². The summed E-state index contributed by atoms with van der Waals surface area (Å²) >= 11 is 0. The minimum Gasteiger partial charge on any atom is -1.00 e. The number of anilines is 1. The maximum Gasteiger partial charge on any atom is 1.00 e. The Morgan fingerprint density at radius 3 is 2.59 bits per heavy atom. The summed E-state index contributed by atoms with van der Waals surface area (Å²) in [5.74, 6) is -0.984. The minimum atomic E-state index is -3.96. The van der Waals surface area contributed by atoms with Gasteiger partial charge in [-0.3, -0.25) is 4.72 Å². The Kier molecular flexibility index (Phi) is 8.00. The maximum absolute atomic E-state index is 14.9. The monoisotopic (exact) mass is 495 g/mol. The van der Waals surface area contributed by atoms with E-state index in [9.17, 15) is 17.6 Å². The van der Waals surface area contributed by atoms with Gasteiger partial charge in [0.2, 0.25) is 0 Å². The molecule has 0 amide bonds. The Balaban J connectivity index is 0.00000216. The zero-order valence-electron chi connectivity index (χ0n) is 19.5. The number of hydrogen-bond acceptors (Lipinski definition) is 8. The summed E-state index contributed by atoms with van der Waals surface area (Å²) < 4.78 is 53.3. The van der Waals surface area contributed by atoms with Gasteiger partial charge in [-0.15, -0.1) is 0 Å². The second-order valence-electron chi connectivity index (χ2n) is 6.90. The van der Waals surface area contributed by atoms with Crippen molar-refractivity contribution in [2.75, 3.05) is 11.8 Å². The second-order valence-corrected chi connectivity index (χ2v) is 8.52. The van der Waals surface area contributed by atoms with Crippen LogP contribution in [0.4, 0.5) is 10.2 Å². The first-order valence-electron chi connectivity index (χ1n) is 9.63. The molecule has 0 spiro atoms. The second kappa shape index (κ2) is 10.6. The molecule has 0 saturated heterocycles. The number of fused-ring (bicyclic) bond motifs is 1. The summed E-state index contributed by atoms with van der Waals surface area (Å²) in [6, 6.07) is 8.10. The van der Waals surface area contributed by atoms with Gasteiger partial charge in [-0.1, -0.05) is 0 Å². The van der Waals surface area contributed by atoms with E-state index in [0.29, 0.717) is 16.7 Å². The number of halogens is 1. The van der Waals surface area contributed by atoms with Crippen LogP contribution in [0.3, 0.4) is 0 Å². The van der Waals surface area contributed by atoms with Gasteiger partial charge in [0, 0.05) is 49.1 Å². The molecule has 3 heterocycles. The van der Waals surface area contributed by atoms with Crippen LogP contribution in [0.2, 0.25) is 0 Å². The topological polar surface area (TPSA) is 136 Å². The van der Waals surface area contributed by atoms with Crippen LogP contribution in [0.25, 0.3) is 11.0 Å². The number of aryl methyl sites for hydroxylation is 1. The molecule has 34 heavy (non-hydrogen) atoms. The third-order valence-corrected chi connectivity index (χ3v) is 5.85. The Labute approximate surface area is 217 Å². The largest absolute Gasteiger partial charge is 1.00 e. The molecule has 1 aromatic carbocycles. The number of pyridine rings is 1. The van der Waals surface area contributed by atoms with Crippen LogP contribution in [0, 0.1) is 12.7 Å². The molecule has 0 radical (unpaired) electrons. The van der Waals surface area contributed by atoms with Gasteiger partial charge in [0.15, 0.2) is 11.6 Å². The zero-order chi connectivity index (χ0) is 23.6. The quantitative estimate of drug-likeness (QED) is 0.266. The summed E-state index contributed by atoms with van der Waals surface area (Å²) in [4.78, 5) is 24.4. The van der Waals surface area contributed by atoms with Crippen molar-refractivity contribution in [2.45, 2.75) is 13.3 Å². The van der Waals surface area contributed by atoms with Crippen molar-refractivity contribution in [3.8, 4) is 11.8 Å². The van der Waals surface area contributed by atoms with E-state index in [1.807, 2.05) is 9.44 Å². The fraction of sp³-hybridized carbons (Fsp3) is 0.143. The molecule has 0 aliphatic heterocycles. The molecular formula is C21H19FN5NaO5S. The van der Waals surface area contributed by atoms with Crippen molar-refractivity contribution in [3.63, 3.8) is 0 Å². The van der Waals surface area contributed by atoms with Gasteiger partial charge >= 0.3 is 41.2 Å². The standard InChI is InChI=1S/C21H18FN5O5S.Na.H/c1-12-15-5-4-14(31-21-25-7-3-8-26-21)11-17(15)32-20(28)16(12)10-13-6-9-24-19(18(13)22)27-33(29,30)23-2;;/h3-9,11,23H,10H2,1-2H3,(H,24,27);;/q;+1;-1. The Bertz CT molecular complexity index is 1510. The molecule has 0 fully saturated rings. The van der Waals surface area contributed by atoms with Gasteiger partial charge < -0.3 is 10.6 Å².